The van der Waals surface area contributed by atoms with Crippen molar-refractivity contribution in [3.63, 3.8) is 0 Å². The summed E-state index contributed by atoms with van der Waals surface area (Å²) in [6.45, 7) is 6.76. The fourth-order valence-electron chi connectivity index (χ4n) is 5.72. The number of aryl methyl sites for hydroxylation is 1. The number of aromatic nitrogens is 7. The topological polar surface area (TPSA) is 136 Å². The van der Waals surface area contributed by atoms with E-state index in [2.05, 4.69) is 39.0 Å². The van der Waals surface area contributed by atoms with Gasteiger partial charge in [0.15, 0.2) is 11.5 Å². The SMILES string of the molecule is Cc1ccn2nc(Cn3nc(-c4cc(O)cc(F)c4)c4c(N)ncnc43)nc(OCCN3CCC(CN(C)C)CC3)c12. The second-order valence-electron chi connectivity index (χ2n) is 11.2. The number of nitrogen functional groups attached to an aromatic ring is 1. The van der Waals surface area contributed by atoms with Gasteiger partial charge in [-0.15, -0.1) is 0 Å². The van der Waals surface area contributed by atoms with Gasteiger partial charge in [0, 0.05) is 30.9 Å². The third kappa shape index (κ3) is 5.70. The molecule has 6 rings (SSSR count). The predicted molar refractivity (Wildman–Crippen MR) is 157 cm³/mol. The van der Waals surface area contributed by atoms with E-state index in [1.54, 1.807) is 9.20 Å². The highest BCUT2D eigenvalue weighted by molar-refractivity contribution is 5.98. The van der Waals surface area contributed by atoms with Crippen LogP contribution in [0.2, 0.25) is 0 Å². The van der Waals surface area contributed by atoms with Crippen molar-refractivity contribution in [3.05, 3.63) is 54.0 Å². The van der Waals surface area contributed by atoms with Gasteiger partial charge >= 0.3 is 0 Å². The standard InChI is InChI=1S/C29H35FN10O2/c1-18-4-9-39-26(18)29(42-11-10-38-7-5-19(6-8-38)15-37(2)3)34-23(35-39)16-40-28-24(27(31)32-17-33-28)25(36-40)20-12-21(30)14-22(41)13-20/h4,9,12-14,17,19,41H,5-8,10-11,15-16H2,1-3H3,(H2,31,32,33). The zero-order chi connectivity index (χ0) is 29.4. The molecule has 220 valence electrons. The Morgan fingerprint density at radius 3 is 2.71 bits per heavy atom. The largest absolute Gasteiger partial charge is 0.508 e. The average Bonchev–Trinajstić information content (AvgIpc) is 3.50. The molecule has 4 aromatic heterocycles. The van der Waals surface area contributed by atoms with Gasteiger partial charge < -0.3 is 20.5 Å². The molecule has 0 unspecified atom stereocenters. The van der Waals surface area contributed by atoms with Gasteiger partial charge in [-0.2, -0.15) is 15.2 Å². The van der Waals surface area contributed by atoms with Crippen LogP contribution in [0.1, 0.15) is 24.2 Å². The second kappa shape index (κ2) is 11.5. The summed E-state index contributed by atoms with van der Waals surface area (Å²) < 4.78 is 23.8. The second-order valence-corrected chi connectivity index (χ2v) is 11.2. The summed E-state index contributed by atoms with van der Waals surface area (Å²) in [6.07, 6.45) is 5.61. The molecule has 0 aliphatic carbocycles. The lowest BCUT2D eigenvalue weighted by molar-refractivity contribution is 0.140. The van der Waals surface area contributed by atoms with Crippen molar-refractivity contribution in [2.45, 2.75) is 26.3 Å². The number of halogens is 1. The van der Waals surface area contributed by atoms with Crippen molar-refractivity contribution in [1.82, 2.24) is 44.1 Å². The summed E-state index contributed by atoms with van der Waals surface area (Å²) >= 11 is 0. The summed E-state index contributed by atoms with van der Waals surface area (Å²) in [6, 6.07) is 5.70. The van der Waals surface area contributed by atoms with E-state index in [0.717, 1.165) is 49.2 Å². The first-order valence-corrected chi connectivity index (χ1v) is 14.1. The van der Waals surface area contributed by atoms with Gasteiger partial charge in [-0.1, -0.05) is 0 Å². The van der Waals surface area contributed by atoms with Gasteiger partial charge in [0.1, 0.15) is 48.1 Å². The van der Waals surface area contributed by atoms with E-state index in [1.807, 2.05) is 19.2 Å². The van der Waals surface area contributed by atoms with Gasteiger partial charge in [0.2, 0.25) is 5.88 Å². The minimum Gasteiger partial charge on any atom is -0.508 e. The monoisotopic (exact) mass is 574 g/mol. The Labute approximate surface area is 242 Å². The first-order chi connectivity index (χ1) is 20.2. The Kier molecular flexibility index (Phi) is 7.60. The fourth-order valence-corrected chi connectivity index (χ4v) is 5.72. The summed E-state index contributed by atoms with van der Waals surface area (Å²) in [5.74, 6) is 1.07. The Bertz CT molecular complexity index is 1700. The van der Waals surface area contributed by atoms with Crippen LogP contribution in [-0.4, -0.2) is 96.1 Å². The molecule has 1 fully saturated rings. The Balaban J connectivity index is 1.25. The van der Waals surface area contributed by atoms with Crippen LogP contribution in [-0.2, 0) is 6.54 Å². The quantitative estimate of drug-likeness (QED) is 0.270. The number of nitrogens with two attached hydrogens (primary N) is 1. The van der Waals surface area contributed by atoms with Crippen molar-refractivity contribution in [2.75, 3.05) is 52.6 Å². The third-order valence-corrected chi connectivity index (χ3v) is 7.71. The van der Waals surface area contributed by atoms with E-state index in [-0.39, 0.29) is 18.1 Å². The molecule has 0 bridgehead atoms. The number of nitrogens with zero attached hydrogens (tertiary/aromatic N) is 9. The normalized spacial score (nSPS) is 14.9. The van der Waals surface area contributed by atoms with Crippen molar-refractivity contribution in [2.24, 2.45) is 5.92 Å². The van der Waals surface area contributed by atoms with Crippen molar-refractivity contribution >= 4 is 22.4 Å². The molecule has 0 atom stereocenters. The molecule has 1 saturated heterocycles. The summed E-state index contributed by atoms with van der Waals surface area (Å²) in [5, 5.41) is 19.8. The molecule has 5 heterocycles. The lowest BCUT2D eigenvalue weighted by atomic mass is 9.96. The molecule has 1 aromatic carbocycles. The van der Waals surface area contributed by atoms with Crippen LogP contribution in [0, 0.1) is 18.7 Å². The lowest BCUT2D eigenvalue weighted by Crippen LogP contribution is -2.39. The van der Waals surface area contributed by atoms with Gasteiger partial charge in [-0.05, 0) is 76.6 Å². The van der Waals surface area contributed by atoms with E-state index in [4.69, 9.17) is 20.6 Å². The highest BCUT2D eigenvalue weighted by Gasteiger charge is 2.22. The van der Waals surface area contributed by atoms with Crippen LogP contribution in [0.3, 0.4) is 0 Å². The highest BCUT2D eigenvalue weighted by atomic mass is 19.1. The van der Waals surface area contributed by atoms with Crippen LogP contribution < -0.4 is 10.5 Å². The predicted octanol–water partition coefficient (Wildman–Crippen LogP) is 2.97. The Hall–Kier alpha value is -4.36. The number of ether oxygens (including phenoxy) is 1. The Morgan fingerprint density at radius 2 is 1.95 bits per heavy atom. The van der Waals surface area contributed by atoms with E-state index in [1.165, 1.54) is 31.3 Å². The lowest BCUT2D eigenvalue weighted by Gasteiger charge is -2.33. The van der Waals surface area contributed by atoms with Crippen LogP contribution in [0.4, 0.5) is 10.2 Å². The maximum atomic E-state index is 14.1. The molecule has 0 saturated carbocycles. The molecule has 1 aliphatic heterocycles. The number of fused-ring (bicyclic) bond motifs is 2. The highest BCUT2D eigenvalue weighted by Crippen LogP contribution is 2.33. The van der Waals surface area contributed by atoms with Crippen LogP contribution >= 0.6 is 0 Å². The first-order valence-electron chi connectivity index (χ1n) is 14.1. The molecule has 0 radical (unpaired) electrons. The third-order valence-electron chi connectivity index (χ3n) is 7.71. The number of hydrogen-bond acceptors (Lipinski definition) is 10. The van der Waals surface area contributed by atoms with E-state index in [0.29, 0.717) is 40.6 Å². The maximum Gasteiger partial charge on any atom is 0.242 e. The molecular weight excluding hydrogens is 539 g/mol. The molecule has 5 aromatic rings. The van der Waals surface area contributed by atoms with E-state index in [9.17, 15) is 9.50 Å². The number of aromatic hydroxyl groups is 1. The van der Waals surface area contributed by atoms with Gasteiger partial charge in [-0.25, -0.2) is 23.6 Å². The minimum absolute atomic E-state index is 0.150. The zero-order valence-corrected chi connectivity index (χ0v) is 24.0. The van der Waals surface area contributed by atoms with Crippen LogP contribution in [0.5, 0.6) is 11.6 Å². The number of phenols is 1. The molecular formula is C29H35FN10O2. The van der Waals surface area contributed by atoms with E-state index < -0.39 is 5.82 Å². The maximum absolute atomic E-state index is 14.1. The number of hydrogen-bond donors (Lipinski definition) is 2. The van der Waals surface area contributed by atoms with Gasteiger partial charge in [-0.3, -0.25) is 4.90 Å². The molecule has 0 amide bonds. The Morgan fingerprint density at radius 1 is 1.14 bits per heavy atom. The summed E-state index contributed by atoms with van der Waals surface area (Å²) in [5.41, 5.74) is 9.17. The number of piperidine rings is 1. The minimum atomic E-state index is -0.598. The molecule has 42 heavy (non-hydrogen) atoms. The molecule has 1 aliphatic rings. The van der Waals surface area contributed by atoms with Crippen LogP contribution in [0.15, 0.2) is 36.8 Å². The number of phenolic OH excluding ortho intramolecular Hbond substituents is 1. The first kappa shape index (κ1) is 27.8. The number of anilines is 1. The van der Waals surface area contributed by atoms with E-state index >= 15 is 0 Å². The molecule has 13 heteroatoms. The van der Waals surface area contributed by atoms with Gasteiger partial charge in [0.25, 0.3) is 0 Å². The van der Waals surface area contributed by atoms with Crippen molar-refractivity contribution in [3.8, 4) is 22.9 Å². The molecule has 3 N–H and O–H groups in total. The van der Waals surface area contributed by atoms with Crippen LogP contribution in [0.25, 0.3) is 27.8 Å². The molecule has 0 spiro atoms. The number of rotatable bonds is 9. The summed E-state index contributed by atoms with van der Waals surface area (Å²) in [4.78, 5) is 18.0. The number of likely N-dealkylation sites (tertiary alicyclic amines) is 1. The van der Waals surface area contributed by atoms with Gasteiger partial charge in [0.05, 0.1) is 5.39 Å². The smallest absolute Gasteiger partial charge is 0.242 e. The number of benzene rings is 1. The zero-order valence-electron chi connectivity index (χ0n) is 24.0. The fraction of sp³-hybridized carbons (Fsp3) is 0.414. The van der Waals surface area contributed by atoms with Crippen molar-refractivity contribution < 1.29 is 14.2 Å². The average molecular weight is 575 g/mol. The summed E-state index contributed by atoms with van der Waals surface area (Å²) in [7, 11) is 4.26. The molecule has 12 nitrogen and oxygen atoms in total. The van der Waals surface area contributed by atoms with Crippen molar-refractivity contribution in [1.29, 1.82) is 0 Å².